The van der Waals surface area contributed by atoms with Gasteiger partial charge in [0.05, 0.1) is 11.1 Å². The molecule has 0 heterocycles. The van der Waals surface area contributed by atoms with Gasteiger partial charge in [-0.15, -0.1) is 0 Å². The van der Waals surface area contributed by atoms with Gasteiger partial charge in [-0.1, -0.05) is 47.5 Å². The zero-order valence-electron chi connectivity index (χ0n) is 10.7. The predicted molar refractivity (Wildman–Crippen MR) is 76.0 cm³/mol. The molecule has 2 rings (SSSR count). The van der Waals surface area contributed by atoms with Crippen LogP contribution in [0.4, 0.5) is 4.39 Å². The predicted octanol–water partition coefficient (Wildman–Crippen LogP) is 3.93. The van der Waals surface area contributed by atoms with Gasteiger partial charge in [0, 0.05) is 0 Å². The molecule has 0 fully saturated rings. The first-order chi connectivity index (χ1) is 9.04. The van der Waals surface area contributed by atoms with Crippen LogP contribution < -0.4 is 0 Å². The van der Waals surface area contributed by atoms with Crippen molar-refractivity contribution in [3.8, 4) is 0 Å². The molecule has 19 heavy (non-hydrogen) atoms. The van der Waals surface area contributed by atoms with Crippen LogP contribution in [0.5, 0.6) is 0 Å². The fourth-order valence-corrected chi connectivity index (χ4v) is 2.24. The summed E-state index contributed by atoms with van der Waals surface area (Å²) in [5.41, 5.74) is 3.01. The smallest absolute Gasteiger partial charge is 0.142 e. The van der Waals surface area contributed by atoms with Crippen LogP contribution in [0.2, 0.25) is 5.02 Å². The van der Waals surface area contributed by atoms with E-state index in [-0.39, 0.29) is 5.02 Å². The quantitative estimate of drug-likeness (QED) is 0.898. The van der Waals surface area contributed by atoms with Crippen molar-refractivity contribution in [1.82, 2.24) is 0 Å². The number of aliphatic hydroxyl groups is 1. The molecule has 0 aromatic heterocycles. The Morgan fingerprint density at radius 3 is 2.42 bits per heavy atom. The van der Waals surface area contributed by atoms with E-state index in [1.807, 2.05) is 31.2 Å². The molecule has 1 nitrogen and oxygen atoms in total. The van der Waals surface area contributed by atoms with E-state index in [1.54, 1.807) is 6.07 Å². The number of halogens is 2. The summed E-state index contributed by atoms with van der Waals surface area (Å²) in [6.07, 6.45) is 0.455. The minimum absolute atomic E-state index is 0.108. The van der Waals surface area contributed by atoms with Gasteiger partial charge in [0.15, 0.2) is 0 Å². The van der Waals surface area contributed by atoms with Crippen LogP contribution in [-0.2, 0) is 12.8 Å². The van der Waals surface area contributed by atoms with Crippen LogP contribution in [-0.4, -0.2) is 11.2 Å². The number of hydrogen-bond donors (Lipinski definition) is 1. The molecule has 0 spiro atoms. The van der Waals surface area contributed by atoms with E-state index >= 15 is 0 Å². The molecule has 1 unspecified atom stereocenters. The van der Waals surface area contributed by atoms with Crippen molar-refractivity contribution in [2.75, 3.05) is 0 Å². The maximum Gasteiger partial charge on any atom is 0.142 e. The fraction of sp³-hybridized carbons (Fsp3) is 0.250. The minimum Gasteiger partial charge on any atom is -0.392 e. The van der Waals surface area contributed by atoms with Crippen molar-refractivity contribution < 1.29 is 9.50 Å². The minimum atomic E-state index is -0.526. The maximum atomic E-state index is 13.3. The number of rotatable bonds is 4. The van der Waals surface area contributed by atoms with Crippen LogP contribution in [0.25, 0.3) is 0 Å². The molecule has 0 radical (unpaired) electrons. The molecule has 2 aromatic rings. The lowest BCUT2D eigenvalue weighted by Gasteiger charge is -2.11. The summed E-state index contributed by atoms with van der Waals surface area (Å²) in [5, 5.41) is 10.2. The molecule has 0 aliphatic rings. The van der Waals surface area contributed by atoms with Crippen LogP contribution >= 0.6 is 11.6 Å². The Hall–Kier alpha value is -1.38. The van der Waals surface area contributed by atoms with Crippen molar-refractivity contribution in [3.05, 3.63) is 70.0 Å². The number of aliphatic hydroxyl groups excluding tert-OH is 1. The Kier molecular flexibility index (Phi) is 4.56. The molecule has 0 saturated heterocycles. The van der Waals surface area contributed by atoms with Crippen molar-refractivity contribution in [2.24, 2.45) is 0 Å². The van der Waals surface area contributed by atoms with Crippen molar-refractivity contribution in [3.63, 3.8) is 0 Å². The topological polar surface area (TPSA) is 20.2 Å². The SMILES string of the molecule is Cc1cccc(CC(O)Cc2ccc(Cl)c(F)c2)c1. The van der Waals surface area contributed by atoms with Gasteiger partial charge in [0.1, 0.15) is 5.82 Å². The van der Waals surface area contributed by atoms with Gasteiger partial charge in [-0.3, -0.25) is 0 Å². The van der Waals surface area contributed by atoms with E-state index in [1.165, 1.54) is 17.7 Å². The number of aryl methyl sites for hydroxylation is 1. The summed E-state index contributed by atoms with van der Waals surface area (Å²) < 4.78 is 13.3. The molecule has 2 aromatic carbocycles. The normalized spacial score (nSPS) is 12.4. The molecular weight excluding hydrogens is 263 g/mol. The zero-order valence-corrected chi connectivity index (χ0v) is 11.5. The third kappa shape index (κ3) is 4.05. The molecule has 0 aliphatic heterocycles. The Balaban J connectivity index is 2.01. The Labute approximate surface area is 117 Å². The van der Waals surface area contributed by atoms with Gasteiger partial charge < -0.3 is 5.11 Å². The first-order valence-corrected chi connectivity index (χ1v) is 6.60. The molecule has 0 bridgehead atoms. The highest BCUT2D eigenvalue weighted by molar-refractivity contribution is 6.30. The Morgan fingerprint density at radius 1 is 1.11 bits per heavy atom. The average Bonchev–Trinajstić information content (AvgIpc) is 2.34. The summed E-state index contributed by atoms with van der Waals surface area (Å²) in [5.74, 6) is -0.443. The van der Waals surface area contributed by atoms with Gasteiger partial charge in [0.2, 0.25) is 0 Å². The number of benzene rings is 2. The summed E-state index contributed by atoms with van der Waals surface area (Å²) in [6, 6.07) is 12.7. The third-order valence-electron chi connectivity index (χ3n) is 3.01. The summed E-state index contributed by atoms with van der Waals surface area (Å²) >= 11 is 5.63. The molecule has 1 atom stereocenters. The second kappa shape index (κ2) is 6.18. The zero-order chi connectivity index (χ0) is 13.8. The second-order valence-corrected chi connectivity index (χ2v) is 5.21. The van der Waals surface area contributed by atoms with E-state index in [2.05, 4.69) is 0 Å². The summed E-state index contributed by atoms with van der Waals surface area (Å²) in [4.78, 5) is 0. The largest absolute Gasteiger partial charge is 0.392 e. The van der Waals surface area contributed by atoms with E-state index in [4.69, 9.17) is 11.6 Å². The van der Waals surface area contributed by atoms with Crippen LogP contribution in [0.15, 0.2) is 42.5 Å². The van der Waals surface area contributed by atoms with Crippen LogP contribution in [0.1, 0.15) is 16.7 Å². The second-order valence-electron chi connectivity index (χ2n) is 4.80. The lowest BCUT2D eigenvalue weighted by Crippen LogP contribution is -2.14. The van der Waals surface area contributed by atoms with Gasteiger partial charge >= 0.3 is 0 Å². The Morgan fingerprint density at radius 2 is 1.79 bits per heavy atom. The lowest BCUT2D eigenvalue weighted by molar-refractivity contribution is 0.175. The maximum absolute atomic E-state index is 13.3. The average molecular weight is 279 g/mol. The van der Waals surface area contributed by atoms with Gasteiger partial charge in [-0.2, -0.15) is 0 Å². The van der Waals surface area contributed by atoms with E-state index in [0.29, 0.717) is 12.8 Å². The molecule has 0 amide bonds. The van der Waals surface area contributed by atoms with E-state index in [9.17, 15) is 9.50 Å². The third-order valence-corrected chi connectivity index (χ3v) is 3.32. The summed E-state index contributed by atoms with van der Waals surface area (Å²) in [6.45, 7) is 2.02. The van der Waals surface area contributed by atoms with Crippen molar-refractivity contribution in [1.29, 1.82) is 0 Å². The molecular formula is C16H16ClFO. The Bertz CT molecular complexity index is 568. The van der Waals surface area contributed by atoms with Crippen LogP contribution in [0, 0.1) is 12.7 Å². The van der Waals surface area contributed by atoms with Gasteiger partial charge in [-0.25, -0.2) is 4.39 Å². The lowest BCUT2D eigenvalue weighted by atomic mass is 10.0. The fourth-order valence-electron chi connectivity index (χ4n) is 2.12. The molecule has 3 heteroatoms. The molecule has 1 N–H and O–H groups in total. The summed E-state index contributed by atoms with van der Waals surface area (Å²) in [7, 11) is 0. The van der Waals surface area contributed by atoms with Crippen molar-refractivity contribution >= 4 is 11.6 Å². The highest BCUT2D eigenvalue weighted by Gasteiger charge is 2.09. The van der Waals surface area contributed by atoms with Gasteiger partial charge in [-0.05, 0) is 43.0 Å². The molecule has 0 saturated carbocycles. The van der Waals surface area contributed by atoms with E-state index in [0.717, 1.165) is 11.1 Å². The van der Waals surface area contributed by atoms with Crippen LogP contribution in [0.3, 0.4) is 0 Å². The monoisotopic (exact) mass is 278 g/mol. The molecule has 0 aliphatic carbocycles. The molecule has 100 valence electrons. The standard InChI is InChI=1S/C16H16ClFO/c1-11-3-2-4-12(7-11)8-14(19)9-13-5-6-15(17)16(18)10-13/h2-7,10,14,19H,8-9H2,1H3. The first kappa shape index (κ1) is 14.0. The highest BCUT2D eigenvalue weighted by Crippen LogP contribution is 2.17. The van der Waals surface area contributed by atoms with E-state index < -0.39 is 11.9 Å². The van der Waals surface area contributed by atoms with Crippen molar-refractivity contribution in [2.45, 2.75) is 25.9 Å². The van der Waals surface area contributed by atoms with Gasteiger partial charge in [0.25, 0.3) is 0 Å². The highest BCUT2D eigenvalue weighted by atomic mass is 35.5. The number of hydrogen-bond acceptors (Lipinski definition) is 1. The first-order valence-electron chi connectivity index (χ1n) is 6.22.